The van der Waals surface area contributed by atoms with Crippen LogP contribution in [-0.4, -0.2) is 18.6 Å². The lowest BCUT2D eigenvalue weighted by Crippen LogP contribution is -2.08. The Kier molecular flexibility index (Phi) is 4.49. The SMILES string of the molecule is CNCCCc1ncc(-c2ccc(F)c(Br)c2)o1. The Labute approximate surface area is 114 Å². The van der Waals surface area contributed by atoms with E-state index in [0.717, 1.165) is 24.9 Å². The van der Waals surface area contributed by atoms with Gasteiger partial charge in [0.2, 0.25) is 0 Å². The topological polar surface area (TPSA) is 38.1 Å². The number of aryl methyl sites for hydroxylation is 1. The maximum Gasteiger partial charge on any atom is 0.194 e. The second kappa shape index (κ2) is 6.11. The molecule has 0 radical (unpaired) electrons. The van der Waals surface area contributed by atoms with Crippen LogP contribution in [0.5, 0.6) is 0 Å². The van der Waals surface area contributed by atoms with Crippen LogP contribution in [0, 0.1) is 5.82 Å². The molecule has 1 heterocycles. The second-order valence-corrected chi connectivity index (χ2v) is 4.81. The van der Waals surface area contributed by atoms with E-state index in [2.05, 4.69) is 26.2 Å². The molecular weight excluding hydrogens is 299 g/mol. The van der Waals surface area contributed by atoms with Crippen LogP contribution in [-0.2, 0) is 6.42 Å². The van der Waals surface area contributed by atoms with Gasteiger partial charge in [-0.1, -0.05) is 0 Å². The van der Waals surface area contributed by atoms with Crippen molar-refractivity contribution < 1.29 is 8.81 Å². The molecule has 0 saturated carbocycles. The van der Waals surface area contributed by atoms with Gasteiger partial charge in [-0.3, -0.25) is 0 Å². The first-order valence-corrected chi connectivity index (χ1v) is 6.54. The Balaban J connectivity index is 2.11. The summed E-state index contributed by atoms with van der Waals surface area (Å²) in [5.41, 5.74) is 0.815. The summed E-state index contributed by atoms with van der Waals surface area (Å²) in [6, 6.07) is 4.77. The molecule has 0 fully saturated rings. The third kappa shape index (κ3) is 3.17. The standard InChI is InChI=1S/C13H14BrFN2O/c1-16-6-2-3-13-17-8-12(18-13)9-4-5-11(15)10(14)7-9/h4-5,7-8,16H,2-3,6H2,1H3. The van der Waals surface area contributed by atoms with Gasteiger partial charge in [-0.25, -0.2) is 9.37 Å². The van der Waals surface area contributed by atoms with Gasteiger partial charge in [-0.2, -0.15) is 0 Å². The lowest BCUT2D eigenvalue weighted by Gasteiger charge is -1.99. The molecule has 18 heavy (non-hydrogen) atoms. The summed E-state index contributed by atoms with van der Waals surface area (Å²) in [7, 11) is 1.91. The Morgan fingerprint density at radius 3 is 3.00 bits per heavy atom. The van der Waals surface area contributed by atoms with Crippen molar-refractivity contribution >= 4 is 15.9 Å². The van der Waals surface area contributed by atoms with E-state index >= 15 is 0 Å². The normalized spacial score (nSPS) is 10.8. The van der Waals surface area contributed by atoms with Gasteiger partial charge in [0.25, 0.3) is 0 Å². The van der Waals surface area contributed by atoms with Crippen molar-refractivity contribution in [2.24, 2.45) is 0 Å². The Morgan fingerprint density at radius 1 is 1.44 bits per heavy atom. The number of benzene rings is 1. The van der Waals surface area contributed by atoms with Crippen molar-refractivity contribution in [3.8, 4) is 11.3 Å². The summed E-state index contributed by atoms with van der Waals surface area (Å²) in [4.78, 5) is 4.21. The van der Waals surface area contributed by atoms with Gasteiger partial charge in [0, 0.05) is 12.0 Å². The number of nitrogens with one attached hydrogen (secondary N) is 1. The van der Waals surface area contributed by atoms with E-state index in [9.17, 15) is 4.39 Å². The van der Waals surface area contributed by atoms with Crippen molar-refractivity contribution in [3.63, 3.8) is 0 Å². The summed E-state index contributed by atoms with van der Waals surface area (Å²) in [5, 5.41) is 3.07. The average Bonchev–Trinajstić information content (AvgIpc) is 2.82. The van der Waals surface area contributed by atoms with Crippen LogP contribution in [0.15, 0.2) is 33.3 Å². The van der Waals surface area contributed by atoms with Crippen molar-refractivity contribution in [3.05, 3.63) is 40.6 Å². The molecule has 2 aromatic rings. The quantitative estimate of drug-likeness (QED) is 0.860. The fourth-order valence-corrected chi connectivity index (χ4v) is 2.00. The fraction of sp³-hybridized carbons (Fsp3) is 0.308. The van der Waals surface area contributed by atoms with E-state index in [0.29, 0.717) is 16.1 Å². The minimum absolute atomic E-state index is 0.285. The zero-order valence-electron chi connectivity index (χ0n) is 10.0. The molecule has 1 aromatic heterocycles. The Morgan fingerprint density at radius 2 is 2.28 bits per heavy atom. The third-order valence-corrected chi connectivity index (χ3v) is 3.18. The summed E-state index contributed by atoms with van der Waals surface area (Å²) in [5.74, 6) is 1.09. The molecule has 5 heteroatoms. The minimum Gasteiger partial charge on any atom is -0.441 e. The second-order valence-electron chi connectivity index (χ2n) is 3.95. The molecule has 0 spiro atoms. The summed E-state index contributed by atoms with van der Waals surface area (Å²) in [6.45, 7) is 0.930. The molecule has 1 aromatic carbocycles. The molecular formula is C13H14BrFN2O. The zero-order chi connectivity index (χ0) is 13.0. The average molecular weight is 313 g/mol. The van der Waals surface area contributed by atoms with Crippen LogP contribution < -0.4 is 5.32 Å². The van der Waals surface area contributed by atoms with Gasteiger partial charge < -0.3 is 9.73 Å². The predicted molar refractivity (Wildman–Crippen MR) is 71.8 cm³/mol. The lowest BCUT2D eigenvalue weighted by atomic mass is 10.2. The van der Waals surface area contributed by atoms with E-state index < -0.39 is 0 Å². The number of oxazole rings is 1. The number of hydrogen-bond acceptors (Lipinski definition) is 3. The molecule has 0 saturated heterocycles. The van der Waals surface area contributed by atoms with E-state index in [4.69, 9.17) is 4.42 Å². The van der Waals surface area contributed by atoms with Gasteiger partial charge >= 0.3 is 0 Å². The molecule has 2 rings (SSSR count). The monoisotopic (exact) mass is 312 g/mol. The Hall–Kier alpha value is -1.20. The molecule has 0 amide bonds. The molecule has 0 bridgehead atoms. The highest BCUT2D eigenvalue weighted by Gasteiger charge is 2.08. The van der Waals surface area contributed by atoms with E-state index in [1.54, 1.807) is 18.3 Å². The van der Waals surface area contributed by atoms with E-state index in [1.807, 2.05) is 7.05 Å². The molecule has 3 nitrogen and oxygen atoms in total. The van der Waals surface area contributed by atoms with Gasteiger partial charge in [0.05, 0.1) is 10.7 Å². The molecule has 0 aliphatic carbocycles. The first-order chi connectivity index (χ1) is 8.70. The lowest BCUT2D eigenvalue weighted by molar-refractivity contribution is 0.495. The minimum atomic E-state index is -0.285. The molecule has 0 atom stereocenters. The van der Waals surface area contributed by atoms with Crippen molar-refractivity contribution in [1.82, 2.24) is 10.3 Å². The van der Waals surface area contributed by atoms with Gasteiger partial charge in [-0.15, -0.1) is 0 Å². The highest BCUT2D eigenvalue weighted by atomic mass is 79.9. The zero-order valence-corrected chi connectivity index (χ0v) is 11.6. The summed E-state index contributed by atoms with van der Waals surface area (Å²) < 4.78 is 19.2. The van der Waals surface area contributed by atoms with Crippen LogP contribution >= 0.6 is 15.9 Å². The Bertz CT molecular complexity index is 527. The van der Waals surface area contributed by atoms with Crippen molar-refractivity contribution in [1.29, 1.82) is 0 Å². The largest absolute Gasteiger partial charge is 0.441 e. The highest BCUT2D eigenvalue weighted by Crippen LogP contribution is 2.25. The first kappa shape index (κ1) is 13.2. The van der Waals surface area contributed by atoms with Crippen LogP contribution in [0.25, 0.3) is 11.3 Å². The first-order valence-electron chi connectivity index (χ1n) is 5.75. The van der Waals surface area contributed by atoms with Gasteiger partial charge in [0.15, 0.2) is 11.7 Å². The third-order valence-electron chi connectivity index (χ3n) is 2.58. The van der Waals surface area contributed by atoms with Crippen LogP contribution in [0.1, 0.15) is 12.3 Å². The number of rotatable bonds is 5. The molecule has 0 unspecified atom stereocenters. The van der Waals surface area contributed by atoms with E-state index in [1.165, 1.54) is 6.07 Å². The summed E-state index contributed by atoms with van der Waals surface area (Å²) >= 11 is 3.16. The molecule has 1 N–H and O–H groups in total. The highest BCUT2D eigenvalue weighted by molar-refractivity contribution is 9.10. The smallest absolute Gasteiger partial charge is 0.194 e. The molecule has 0 aliphatic rings. The predicted octanol–water partition coefficient (Wildman–Crippen LogP) is 3.40. The number of nitrogens with zero attached hydrogens (tertiary/aromatic N) is 1. The number of hydrogen-bond donors (Lipinski definition) is 1. The number of halogens is 2. The van der Waals surface area contributed by atoms with Crippen molar-refractivity contribution in [2.75, 3.05) is 13.6 Å². The molecule has 0 aliphatic heterocycles. The maximum absolute atomic E-state index is 13.1. The van der Waals surface area contributed by atoms with Crippen molar-refractivity contribution in [2.45, 2.75) is 12.8 Å². The van der Waals surface area contributed by atoms with Crippen LogP contribution in [0.2, 0.25) is 0 Å². The van der Waals surface area contributed by atoms with Crippen LogP contribution in [0.3, 0.4) is 0 Å². The van der Waals surface area contributed by atoms with E-state index in [-0.39, 0.29) is 5.82 Å². The van der Waals surface area contributed by atoms with Gasteiger partial charge in [-0.05, 0) is 54.1 Å². The van der Waals surface area contributed by atoms with Crippen LogP contribution in [0.4, 0.5) is 4.39 Å². The molecule has 96 valence electrons. The summed E-state index contributed by atoms with van der Waals surface area (Å²) in [6.07, 6.45) is 3.45. The fourth-order valence-electron chi connectivity index (χ4n) is 1.63. The maximum atomic E-state index is 13.1. The number of aromatic nitrogens is 1. The van der Waals surface area contributed by atoms with Gasteiger partial charge in [0.1, 0.15) is 5.82 Å².